The van der Waals surface area contributed by atoms with Crippen LogP contribution in [-0.2, 0) is 0 Å². The molecule has 1 aromatic heterocycles. The quantitative estimate of drug-likeness (QED) is 0.683. The van der Waals surface area contributed by atoms with Crippen LogP contribution in [0.3, 0.4) is 0 Å². The molecule has 16 heavy (non-hydrogen) atoms. The summed E-state index contributed by atoms with van der Waals surface area (Å²) in [6, 6.07) is 0. The van der Waals surface area contributed by atoms with Crippen LogP contribution in [0.5, 0.6) is 0 Å². The number of hydrogen-bond donors (Lipinski definition) is 1. The molecule has 0 saturated heterocycles. The Kier molecular flexibility index (Phi) is 3.48. The molecule has 0 atom stereocenters. The standard InChI is InChI=1S/C7H3BrF2N2O4/c8-2-1-11-6(12(15)16)4(7(13)14)3(2)5(9)10/h1,5H,(H,13,14). The lowest BCUT2D eigenvalue weighted by Crippen LogP contribution is -2.10. The summed E-state index contributed by atoms with van der Waals surface area (Å²) in [7, 11) is 0. The summed E-state index contributed by atoms with van der Waals surface area (Å²) < 4.78 is 24.8. The molecule has 0 aliphatic carbocycles. The fraction of sp³-hybridized carbons (Fsp3) is 0.143. The van der Waals surface area contributed by atoms with E-state index in [1.807, 2.05) is 0 Å². The number of alkyl halides is 2. The molecule has 0 fully saturated rings. The molecule has 0 aromatic carbocycles. The lowest BCUT2D eigenvalue weighted by Gasteiger charge is -2.06. The molecular formula is C7H3BrF2N2O4. The van der Waals surface area contributed by atoms with Crippen LogP contribution in [0.25, 0.3) is 0 Å². The predicted molar refractivity (Wildman–Crippen MR) is 50.5 cm³/mol. The number of pyridine rings is 1. The average molecular weight is 297 g/mol. The highest BCUT2D eigenvalue weighted by Crippen LogP contribution is 2.34. The zero-order chi connectivity index (χ0) is 12.5. The fourth-order valence-corrected chi connectivity index (χ4v) is 1.53. The van der Waals surface area contributed by atoms with E-state index in [4.69, 9.17) is 5.11 Å². The van der Waals surface area contributed by atoms with E-state index in [2.05, 4.69) is 20.9 Å². The first-order chi connectivity index (χ1) is 7.36. The summed E-state index contributed by atoms with van der Waals surface area (Å²) in [5.74, 6) is -2.93. The summed E-state index contributed by atoms with van der Waals surface area (Å²) >= 11 is 2.67. The molecule has 1 rings (SSSR count). The van der Waals surface area contributed by atoms with Crippen molar-refractivity contribution >= 4 is 27.7 Å². The SMILES string of the molecule is O=C(O)c1c([N+](=O)[O-])ncc(Br)c1C(F)F. The third kappa shape index (κ3) is 2.13. The van der Waals surface area contributed by atoms with Crippen LogP contribution in [-0.4, -0.2) is 21.0 Å². The van der Waals surface area contributed by atoms with Crippen molar-refractivity contribution in [2.75, 3.05) is 0 Å². The topological polar surface area (TPSA) is 93.3 Å². The van der Waals surface area contributed by atoms with E-state index in [1.54, 1.807) is 0 Å². The van der Waals surface area contributed by atoms with Gasteiger partial charge in [-0.2, -0.15) is 0 Å². The Labute approximate surface area is 95.2 Å². The van der Waals surface area contributed by atoms with Gasteiger partial charge in [-0.25, -0.2) is 13.6 Å². The number of nitro groups is 1. The van der Waals surface area contributed by atoms with Gasteiger partial charge in [0.25, 0.3) is 6.43 Å². The van der Waals surface area contributed by atoms with E-state index in [1.165, 1.54) is 0 Å². The van der Waals surface area contributed by atoms with Crippen molar-refractivity contribution in [3.8, 4) is 0 Å². The highest BCUT2D eigenvalue weighted by atomic mass is 79.9. The van der Waals surface area contributed by atoms with E-state index in [0.717, 1.165) is 6.20 Å². The third-order valence-corrected chi connectivity index (χ3v) is 2.29. The van der Waals surface area contributed by atoms with Crippen LogP contribution in [0.1, 0.15) is 22.3 Å². The number of rotatable bonds is 3. The molecule has 0 aliphatic rings. The molecule has 6 nitrogen and oxygen atoms in total. The Bertz CT molecular complexity index is 466. The first-order valence-electron chi connectivity index (χ1n) is 3.70. The minimum absolute atomic E-state index is 0.287. The van der Waals surface area contributed by atoms with Gasteiger partial charge in [0.15, 0.2) is 11.8 Å². The Hall–Kier alpha value is -1.64. The molecule has 0 spiro atoms. The minimum atomic E-state index is -3.15. The summed E-state index contributed by atoms with van der Waals surface area (Å²) in [5, 5.41) is 19.1. The number of aromatic carboxylic acids is 1. The number of halogens is 3. The molecule has 0 unspecified atom stereocenters. The molecule has 1 aromatic rings. The zero-order valence-corrected chi connectivity index (χ0v) is 8.94. The van der Waals surface area contributed by atoms with E-state index in [-0.39, 0.29) is 4.47 Å². The monoisotopic (exact) mass is 296 g/mol. The molecule has 0 bridgehead atoms. The largest absolute Gasteiger partial charge is 0.477 e. The van der Waals surface area contributed by atoms with E-state index in [9.17, 15) is 23.7 Å². The number of carboxylic acids is 1. The van der Waals surface area contributed by atoms with Crippen molar-refractivity contribution < 1.29 is 23.6 Å². The van der Waals surface area contributed by atoms with Gasteiger partial charge in [0.1, 0.15) is 0 Å². The molecule has 9 heteroatoms. The van der Waals surface area contributed by atoms with Crippen molar-refractivity contribution in [3.05, 3.63) is 31.9 Å². The number of hydrogen-bond acceptors (Lipinski definition) is 4. The molecule has 0 radical (unpaired) electrons. The minimum Gasteiger partial charge on any atom is -0.477 e. The summed E-state index contributed by atoms with van der Waals surface area (Å²) in [6.45, 7) is 0. The first-order valence-corrected chi connectivity index (χ1v) is 4.49. The Morgan fingerprint density at radius 2 is 2.19 bits per heavy atom. The van der Waals surface area contributed by atoms with Gasteiger partial charge in [-0.1, -0.05) is 0 Å². The van der Waals surface area contributed by atoms with Crippen LogP contribution in [0, 0.1) is 10.1 Å². The maximum Gasteiger partial charge on any atom is 0.378 e. The second kappa shape index (κ2) is 4.47. The second-order valence-corrected chi connectivity index (χ2v) is 3.44. The molecule has 0 amide bonds. The van der Waals surface area contributed by atoms with Crippen molar-refractivity contribution in [2.24, 2.45) is 0 Å². The molecule has 1 N–H and O–H groups in total. The van der Waals surface area contributed by atoms with E-state index >= 15 is 0 Å². The molecule has 1 heterocycles. The molecular weight excluding hydrogens is 294 g/mol. The van der Waals surface area contributed by atoms with Gasteiger partial charge in [0.2, 0.25) is 0 Å². The van der Waals surface area contributed by atoms with Gasteiger partial charge >= 0.3 is 11.8 Å². The maximum atomic E-state index is 12.5. The van der Waals surface area contributed by atoms with Crippen molar-refractivity contribution in [1.29, 1.82) is 0 Å². The summed E-state index contributed by atoms with van der Waals surface area (Å²) in [6.07, 6.45) is -2.38. The van der Waals surface area contributed by atoms with E-state index in [0.29, 0.717) is 0 Å². The third-order valence-electron chi connectivity index (χ3n) is 1.66. The lowest BCUT2D eigenvalue weighted by atomic mass is 10.1. The predicted octanol–water partition coefficient (Wildman–Crippen LogP) is 2.39. The lowest BCUT2D eigenvalue weighted by molar-refractivity contribution is -0.390. The van der Waals surface area contributed by atoms with Crippen LogP contribution in [0.4, 0.5) is 14.6 Å². The van der Waals surface area contributed by atoms with Gasteiger partial charge in [-0.3, -0.25) is 0 Å². The second-order valence-electron chi connectivity index (χ2n) is 2.58. The van der Waals surface area contributed by atoms with Crippen molar-refractivity contribution in [1.82, 2.24) is 4.98 Å². The van der Waals surface area contributed by atoms with Crippen LogP contribution in [0.15, 0.2) is 10.7 Å². The Balaban J connectivity index is 3.63. The smallest absolute Gasteiger partial charge is 0.378 e. The highest BCUT2D eigenvalue weighted by molar-refractivity contribution is 9.10. The van der Waals surface area contributed by atoms with Gasteiger partial charge < -0.3 is 15.2 Å². The van der Waals surface area contributed by atoms with Crippen molar-refractivity contribution in [3.63, 3.8) is 0 Å². The maximum absolute atomic E-state index is 12.5. The highest BCUT2D eigenvalue weighted by Gasteiger charge is 2.31. The van der Waals surface area contributed by atoms with Gasteiger partial charge in [0.05, 0.1) is 10.0 Å². The molecule has 86 valence electrons. The zero-order valence-electron chi connectivity index (χ0n) is 7.35. The number of nitrogens with zero attached hydrogens (tertiary/aromatic N) is 2. The van der Waals surface area contributed by atoms with Crippen LogP contribution >= 0.6 is 15.9 Å². The summed E-state index contributed by atoms with van der Waals surface area (Å²) in [5.41, 5.74) is -2.05. The number of carbonyl (C=O) groups is 1. The number of carboxylic acid groups (broad SMARTS) is 1. The van der Waals surface area contributed by atoms with Gasteiger partial charge in [-0.05, 0) is 25.8 Å². The van der Waals surface area contributed by atoms with Crippen molar-refractivity contribution in [2.45, 2.75) is 6.43 Å². The van der Waals surface area contributed by atoms with Gasteiger partial charge in [0, 0.05) is 0 Å². The molecule has 0 saturated carbocycles. The first kappa shape index (κ1) is 12.4. The van der Waals surface area contributed by atoms with Crippen LogP contribution in [0.2, 0.25) is 0 Å². The molecule has 0 aliphatic heterocycles. The number of aromatic nitrogens is 1. The normalized spacial score (nSPS) is 10.5. The summed E-state index contributed by atoms with van der Waals surface area (Å²) in [4.78, 5) is 23.2. The van der Waals surface area contributed by atoms with Crippen LogP contribution < -0.4 is 0 Å². The van der Waals surface area contributed by atoms with E-state index < -0.39 is 34.3 Å². The fourth-order valence-electron chi connectivity index (χ4n) is 1.05. The van der Waals surface area contributed by atoms with Gasteiger partial charge in [-0.15, -0.1) is 0 Å². The Morgan fingerprint density at radius 1 is 1.62 bits per heavy atom. The average Bonchev–Trinajstić information content (AvgIpc) is 2.15. The Morgan fingerprint density at radius 3 is 2.56 bits per heavy atom.